The second-order valence-corrected chi connectivity index (χ2v) is 7.92. The van der Waals surface area contributed by atoms with Gasteiger partial charge >= 0.3 is 35.9 Å². The van der Waals surface area contributed by atoms with Crippen LogP contribution in [0.15, 0.2) is 0 Å². The molecule has 0 spiro atoms. The number of esters is 2. The molecule has 0 aliphatic heterocycles. The first-order chi connectivity index (χ1) is 14.2. The average molecular weight is 493 g/mol. The summed E-state index contributed by atoms with van der Waals surface area (Å²) < 4.78 is 125. The van der Waals surface area contributed by atoms with Gasteiger partial charge in [0.1, 0.15) is 6.04 Å². The first kappa shape index (κ1) is 30.2. The van der Waals surface area contributed by atoms with Crippen LogP contribution < -0.4 is 5.32 Å². The lowest BCUT2D eigenvalue weighted by atomic mass is 10.0. The van der Waals surface area contributed by atoms with Crippen molar-refractivity contribution < 1.29 is 63.1 Å². The van der Waals surface area contributed by atoms with Crippen LogP contribution in [0, 0.1) is 0 Å². The summed E-state index contributed by atoms with van der Waals surface area (Å²) in [6.45, 7) is -0.826. The van der Waals surface area contributed by atoms with E-state index in [4.69, 9.17) is 0 Å². The lowest BCUT2D eigenvalue weighted by Crippen LogP contribution is -2.61. The number of quaternary nitrogens is 1. The van der Waals surface area contributed by atoms with Gasteiger partial charge in [0.15, 0.2) is 0 Å². The number of hydrogen-bond acceptors (Lipinski definition) is 5. The quantitative estimate of drug-likeness (QED) is 0.185. The molecule has 0 aliphatic carbocycles. The number of carbonyl (C=O) groups is 2. The highest BCUT2D eigenvalue weighted by molar-refractivity contribution is 5.82. The van der Waals surface area contributed by atoms with Gasteiger partial charge in [0.2, 0.25) is 0 Å². The summed E-state index contributed by atoms with van der Waals surface area (Å²) in [5.74, 6) is -22.0. The molecule has 0 radical (unpaired) electrons. The summed E-state index contributed by atoms with van der Waals surface area (Å²) in [5.41, 5.74) is 0. The van der Waals surface area contributed by atoms with Gasteiger partial charge in [-0.3, -0.25) is 9.59 Å². The fourth-order valence-electron chi connectivity index (χ4n) is 2.26. The second-order valence-electron chi connectivity index (χ2n) is 7.92. The lowest BCUT2D eigenvalue weighted by Gasteiger charge is -2.33. The van der Waals surface area contributed by atoms with E-state index in [-0.39, 0.29) is 6.54 Å². The van der Waals surface area contributed by atoms with Crippen LogP contribution in [-0.2, 0) is 19.1 Å². The van der Waals surface area contributed by atoms with Crippen LogP contribution in [0.5, 0.6) is 0 Å². The topological polar surface area (TPSA) is 64.6 Å². The van der Waals surface area contributed by atoms with E-state index in [9.17, 15) is 49.1 Å². The summed E-state index contributed by atoms with van der Waals surface area (Å²) >= 11 is 0. The van der Waals surface area contributed by atoms with E-state index in [0.29, 0.717) is 17.4 Å². The van der Waals surface area contributed by atoms with Gasteiger partial charge in [-0.05, 0) is 0 Å². The summed E-state index contributed by atoms with van der Waals surface area (Å²) in [6.07, 6.45) is -9.38. The molecular formula is C17H26F9N2O4+. The molecule has 1 atom stereocenters. The summed E-state index contributed by atoms with van der Waals surface area (Å²) in [7, 11) is 6.61. The van der Waals surface area contributed by atoms with Crippen molar-refractivity contribution >= 4 is 11.9 Å². The minimum Gasteiger partial charge on any atom is -0.469 e. The highest BCUT2D eigenvalue weighted by Crippen LogP contribution is 2.53. The standard InChI is InChI=1S/C17H26F9N2O4/c1-28(2,3)8-5-7-27-11(10-12(29)31-4)13(30)32-9-6-14(18,19)15(20,21)16(22,23)17(24,25)26/h11,27H,5-10H2,1-4H3/q+1. The van der Waals surface area contributed by atoms with Crippen molar-refractivity contribution in [2.45, 2.75) is 49.2 Å². The maximum atomic E-state index is 13.5. The van der Waals surface area contributed by atoms with Crippen molar-refractivity contribution in [2.75, 3.05) is 47.9 Å². The van der Waals surface area contributed by atoms with Gasteiger partial charge in [0, 0.05) is 13.0 Å². The fourth-order valence-corrected chi connectivity index (χ4v) is 2.26. The number of alkyl halides is 9. The molecule has 32 heavy (non-hydrogen) atoms. The average Bonchev–Trinajstić information content (AvgIpc) is 2.61. The lowest BCUT2D eigenvalue weighted by molar-refractivity contribution is -0.870. The Morgan fingerprint density at radius 3 is 1.91 bits per heavy atom. The van der Waals surface area contributed by atoms with E-state index in [0.717, 1.165) is 7.11 Å². The smallest absolute Gasteiger partial charge is 0.460 e. The van der Waals surface area contributed by atoms with Gasteiger partial charge in [-0.15, -0.1) is 0 Å². The van der Waals surface area contributed by atoms with E-state index in [1.807, 2.05) is 21.1 Å². The highest BCUT2D eigenvalue weighted by atomic mass is 19.4. The molecule has 6 nitrogen and oxygen atoms in total. The summed E-state index contributed by atoms with van der Waals surface area (Å²) in [6, 6.07) is -1.44. The number of halogens is 9. The zero-order valence-electron chi connectivity index (χ0n) is 17.8. The molecule has 1 N–H and O–H groups in total. The van der Waals surface area contributed by atoms with Crippen LogP contribution in [0.4, 0.5) is 39.5 Å². The molecule has 15 heteroatoms. The van der Waals surface area contributed by atoms with Gasteiger partial charge in [0.05, 0.1) is 54.2 Å². The number of nitrogens with zero attached hydrogens (tertiary/aromatic N) is 1. The van der Waals surface area contributed by atoms with Crippen LogP contribution in [0.2, 0.25) is 0 Å². The zero-order valence-corrected chi connectivity index (χ0v) is 17.8. The van der Waals surface area contributed by atoms with E-state index < -0.39 is 61.4 Å². The second kappa shape index (κ2) is 10.9. The van der Waals surface area contributed by atoms with E-state index in [2.05, 4.69) is 14.8 Å². The van der Waals surface area contributed by atoms with E-state index in [1.165, 1.54) is 0 Å². The van der Waals surface area contributed by atoms with Crippen molar-refractivity contribution in [3.05, 3.63) is 0 Å². The Balaban J connectivity index is 5.07. The van der Waals surface area contributed by atoms with Gasteiger partial charge in [-0.2, -0.15) is 39.5 Å². The van der Waals surface area contributed by atoms with Crippen molar-refractivity contribution in [2.24, 2.45) is 0 Å². The van der Waals surface area contributed by atoms with Crippen molar-refractivity contribution in [1.29, 1.82) is 0 Å². The van der Waals surface area contributed by atoms with Gasteiger partial charge in [0.25, 0.3) is 0 Å². The minimum absolute atomic E-state index is 0.151. The Kier molecular flexibility index (Phi) is 10.3. The number of hydrogen-bond donors (Lipinski definition) is 1. The highest BCUT2D eigenvalue weighted by Gasteiger charge is 2.81. The Labute approximate surface area is 178 Å². The van der Waals surface area contributed by atoms with Gasteiger partial charge in [-0.25, -0.2) is 0 Å². The van der Waals surface area contributed by atoms with Crippen LogP contribution in [0.3, 0.4) is 0 Å². The maximum absolute atomic E-state index is 13.5. The van der Waals surface area contributed by atoms with Crippen molar-refractivity contribution in [1.82, 2.24) is 5.32 Å². The molecule has 0 rings (SSSR count). The number of carbonyl (C=O) groups excluding carboxylic acids is 2. The Bertz CT molecular complexity index is 634. The van der Waals surface area contributed by atoms with E-state index >= 15 is 0 Å². The van der Waals surface area contributed by atoms with Crippen molar-refractivity contribution in [3.8, 4) is 0 Å². The predicted octanol–water partition coefficient (Wildman–Crippen LogP) is 3.01. The van der Waals surface area contributed by atoms with Crippen LogP contribution in [-0.4, -0.2) is 94.4 Å². The Hall–Kier alpha value is -1.77. The third-order valence-electron chi connectivity index (χ3n) is 4.15. The molecule has 0 aromatic carbocycles. The SMILES string of the molecule is COC(=O)CC(NCCC[N+](C)(C)C)C(=O)OCCC(F)(F)C(F)(F)C(F)(F)C(F)(F)F. The summed E-state index contributed by atoms with van der Waals surface area (Å²) in [5, 5.41) is 2.59. The molecule has 190 valence electrons. The molecule has 0 saturated carbocycles. The normalized spacial score (nSPS) is 14.8. The molecule has 0 bridgehead atoms. The van der Waals surface area contributed by atoms with Gasteiger partial charge < -0.3 is 19.3 Å². The zero-order chi connectivity index (χ0) is 25.6. The monoisotopic (exact) mass is 493 g/mol. The Morgan fingerprint density at radius 1 is 0.938 bits per heavy atom. The number of methoxy groups -OCH3 is 1. The minimum atomic E-state index is -7.02. The molecule has 1 unspecified atom stereocenters. The number of nitrogens with one attached hydrogen (secondary N) is 1. The fraction of sp³-hybridized carbons (Fsp3) is 0.882. The number of ether oxygens (including phenoxy) is 2. The molecule has 0 fully saturated rings. The molecule has 0 aromatic rings. The van der Waals surface area contributed by atoms with Crippen LogP contribution >= 0.6 is 0 Å². The number of rotatable bonds is 13. The molecule has 0 aromatic heterocycles. The third-order valence-corrected chi connectivity index (χ3v) is 4.15. The molecule has 0 saturated heterocycles. The maximum Gasteiger partial charge on any atom is 0.460 e. The third kappa shape index (κ3) is 8.30. The first-order valence-electron chi connectivity index (χ1n) is 9.17. The van der Waals surface area contributed by atoms with E-state index in [1.54, 1.807) is 0 Å². The Morgan fingerprint density at radius 2 is 1.47 bits per heavy atom. The molecule has 0 aliphatic rings. The first-order valence-corrected chi connectivity index (χ1v) is 9.17. The largest absolute Gasteiger partial charge is 0.469 e. The van der Waals surface area contributed by atoms with Gasteiger partial charge in [-0.1, -0.05) is 0 Å². The predicted molar refractivity (Wildman–Crippen MR) is 92.4 cm³/mol. The van der Waals surface area contributed by atoms with Crippen molar-refractivity contribution in [3.63, 3.8) is 0 Å². The summed E-state index contributed by atoms with van der Waals surface area (Å²) in [4.78, 5) is 23.4. The van der Waals surface area contributed by atoms with Crippen LogP contribution in [0.25, 0.3) is 0 Å². The molecular weight excluding hydrogens is 467 g/mol. The van der Waals surface area contributed by atoms with Crippen LogP contribution in [0.1, 0.15) is 19.3 Å². The molecule has 0 amide bonds. The molecule has 0 heterocycles.